The topological polar surface area (TPSA) is 14.8 Å². The van der Waals surface area contributed by atoms with E-state index < -0.39 is 0 Å². The number of rotatable bonds is 4. The van der Waals surface area contributed by atoms with Crippen LogP contribution in [-0.4, -0.2) is 13.7 Å². The fourth-order valence-electron chi connectivity index (χ4n) is 10.8. The van der Waals surface area contributed by atoms with Crippen molar-refractivity contribution >= 4 is 65.4 Å². The lowest BCUT2D eigenvalue weighted by molar-refractivity contribution is 0.660. The van der Waals surface area contributed by atoms with Gasteiger partial charge in [0.05, 0.1) is 38.8 Å². The summed E-state index contributed by atoms with van der Waals surface area (Å²) >= 11 is 0. The molecule has 13 rings (SSSR count). The molecule has 1 aliphatic carbocycles. The smallest absolute Gasteiger partial charge is 0.0549 e. The molecule has 12 aromatic rings. The largest absolute Gasteiger partial charge is 0.309 e. The van der Waals surface area contributed by atoms with Gasteiger partial charge in [0.15, 0.2) is 0 Å². The first kappa shape index (κ1) is 33.4. The minimum absolute atomic E-state index is 0.0393. The third-order valence-electron chi connectivity index (χ3n) is 13.4. The van der Waals surface area contributed by atoms with Crippen LogP contribution < -0.4 is 0 Å². The van der Waals surface area contributed by atoms with Gasteiger partial charge in [-0.1, -0.05) is 141 Å². The molecule has 0 amide bonds. The van der Waals surface area contributed by atoms with Gasteiger partial charge in [-0.25, -0.2) is 0 Å². The van der Waals surface area contributed by atoms with Crippen LogP contribution in [0.15, 0.2) is 200 Å². The Labute approximate surface area is 347 Å². The molecule has 3 heteroatoms. The monoisotopic (exact) mass is 765 g/mol. The van der Waals surface area contributed by atoms with Gasteiger partial charge in [-0.3, -0.25) is 0 Å². The number of hydrogen-bond donors (Lipinski definition) is 0. The Morgan fingerprint density at radius 2 is 0.833 bits per heavy atom. The van der Waals surface area contributed by atoms with Crippen molar-refractivity contribution in [2.45, 2.75) is 19.3 Å². The highest BCUT2D eigenvalue weighted by atomic mass is 15.0. The van der Waals surface area contributed by atoms with Gasteiger partial charge in [-0.15, -0.1) is 0 Å². The number of fused-ring (bicyclic) bond motifs is 13. The maximum Gasteiger partial charge on any atom is 0.0549 e. The van der Waals surface area contributed by atoms with E-state index in [2.05, 4.69) is 228 Å². The van der Waals surface area contributed by atoms with Gasteiger partial charge in [0, 0.05) is 54.7 Å². The Morgan fingerprint density at radius 3 is 1.58 bits per heavy atom. The van der Waals surface area contributed by atoms with Crippen molar-refractivity contribution in [2.75, 3.05) is 0 Å². The Balaban J connectivity index is 1.05. The zero-order valence-electron chi connectivity index (χ0n) is 33.4. The fourth-order valence-corrected chi connectivity index (χ4v) is 10.8. The van der Waals surface area contributed by atoms with Gasteiger partial charge < -0.3 is 13.7 Å². The molecule has 0 saturated carbocycles. The molecule has 0 N–H and O–H groups in total. The molecule has 0 aliphatic heterocycles. The highest BCUT2D eigenvalue weighted by molar-refractivity contribution is 6.29. The van der Waals surface area contributed by atoms with Crippen molar-refractivity contribution < 1.29 is 0 Å². The van der Waals surface area contributed by atoms with Crippen LogP contribution in [0.1, 0.15) is 25.0 Å². The molecule has 0 radical (unpaired) electrons. The molecule has 3 nitrogen and oxygen atoms in total. The first-order chi connectivity index (χ1) is 29.6. The van der Waals surface area contributed by atoms with Crippen LogP contribution in [0.4, 0.5) is 0 Å². The summed E-state index contributed by atoms with van der Waals surface area (Å²) in [6.07, 6.45) is 0. The van der Waals surface area contributed by atoms with Crippen molar-refractivity contribution in [3.8, 4) is 39.3 Å². The van der Waals surface area contributed by atoms with E-state index in [1.165, 1.54) is 110 Å². The molecule has 9 aromatic carbocycles. The molecule has 282 valence electrons. The van der Waals surface area contributed by atoms with Gasteiger partial charge in [0.25, 0.3) is 0 Å². The summed E-state index contributed by atoms with van der Waals surface area (Å²) in [5.41, 5.74) is 18.6. The van der Waals surface area contributed by atoms with Crippen molar-refractivity contribution in [2.24, 2.45) is 0 Å². The summed E-state index contributed by atoms with van der Waals surface area (Å²) in [5.74, 6) is 0. The zero-order valence-corrected chi connectivity index (χ0v) is 33.4. The number of nitrogens with zero attached hydrogens (tertiary/aromatic N) is 3. The first-order valence-electron chi connectivity index (χ1n) is 20.9. The molecule has 0 atom stereocenters. The third kappa shape index (κ3) is 4.44. The molecule has 3 heterocycles. The summed E-state index contributed by atoms with van der Waals surface area (Å²) in [7, 11) is 0. The van der Waals surface area contributed by atoms with Crippen LogP contribution in [0.5, 0.6) is 0 Å². The van der Waals surface area contributed by atoms with Gasteiger partial charge in [-0.05, 0) is 101 Å². The summed E-state index contributed by atoms with van der Waals surface area (Å²) in [5, 5.41) is 7.58. The Morgan fingerprint density at radius 1 is 0.317 bits per heavy atom. The lowest BCUT2D eigenvalue weighted by Crippen LogP contribution is -2.14. The molecule has 0 bridgehead atoms. The van der Waals surface area contributed by atoms with Crippen molar-refractivity contribution in [1.29, 1.82) is 0 Å². The maximum absolute atomic E-state index is 2.50. The SMILES string of the molecule is CC1(C)c2ccccc2-c2cc(-n3c4ccccc4c4c5c6ccccc6n(-c6ccccc6-c6ccc7c(c6)c6ccccc6n7-c6ccccc6)c5ccc43)ccc21. The predicted molar refractivity (Wildman–Crippen MR) is 252 cm³/mol. The highest BCUT2D eigenvalue weighted by Crippen LogP contribution is 2.50. The second-order valence-electron chi connectivity index (χ2n) is 16.9. The predicted octanol–water partition coefficient (Wildman–Crippen LogP) is 15.0. The van der Waals surface area contributed by atoms with Crippen LogP contribution in [0.25, 0.3) is 105 Å². The lowest BCUT2D eigenvalue weighted by Gasteiger charge is -2.21. The van der Waals surface area contributed by atoms with E-state index in [4.69, 9.17) is 0 Å². The quantitative estimate of drug-likeness (QED) is 0.169. The molecule has 0 fully saturated rings. The van der Waals surface area contributed by atoms with Crippen LogP contribution >= 0.6 is 0 Å². The highest BCUT2D eigenvalue weighted by Gasteiger charge is 2.35. The molecule has 1 aliphatic rings. The minimum atomic E-state index is -0.0393. The maximum atomic E-state index is 2.50. The lowest BCUT2D eigenvalue weighted by atomic mass is 9.82. The van der Waals surface area contributed by atoms with E-state index in [1.807, 2.05) is 0 Å². The molecule has 0 spiro atoms. The Bertz CT molecular complexity index is 3740. The van der Waals surface area contributed by atoms with Crippen LogP contribution in [0.3, 0.4) is 0 Å². The molecular formula is C57H39N3. The van der Waals surface area contributed by atoms with E-state index >= 15 is 0 Å². The van der Waals surface area contributed by atoms with Crippen LogP contribution in [0.2, 0.25) is 0 Å². The van der Waals surface area contributed by atoms with Gasteiger partial charge in [-0.2, -0.15) is 0 Å². The van der Waals surface area contributed by atoms with Crippen LogP contribution in [0, 0.1) is 0 Å². The van der Waals surface area contributed by atoms with Gasteiger partial charge in [0.2, 0.25) is 0 Å². The van der Waals surface area contributed by atoms with Gasteiger partial charge in [0.1, 0.15) is 0 Å². The second-order valence-corrected chi connectivity index (χ2v) is 16.9. The summed E-state index contributed by atoms with van der Waals surface area (Å²) < 4.78 is 7.37. The molecule has 0 unspecified atom stereocenters. The standard InChI is InChI=1S/C57H39N3/c1-57(2)46-23-11-6-19-40(46)44-35-38(29-30-47(44)57)59-50-26-14-9-21-42(50)55-53(59)32-33-54-56(55)43-22-10-15-27-51(43)60(54)48-24-12-7-18-39(48)36-28-31-52-45(34-36)41-20-8-13-25-49(41)58(52)37-16-4-3-5-17-37/h3-35H,1-2H3. The summed E-state index contributed by atoms with van der Waals surface area (Å²) in [6.45, 7) is 4.70. The fraction of sp³-hybridized carbons (Fsp3) is 0.0526. The summed E-state index contributed by atoms with van der Waals surface area (Å²) in [6, 6.07) is 74.0. The van der Waals surface area contributed by atoms with Crippen molar-refractivity contribution in [3.63, 3.8) is 0 Å². The normalized spacial score (nSPS) is 13.3. The number of para-hydroxylation sites is 5. The van der Waals surface area contributed by atoms with E-state index in [1.54, 1.807) is 0 Å². The minimum Gasteiger partial charge on any atom is -0.309 e. The third-order valence-corrected chi connectivity index (χ3v) is 13.4. The van der Waals surface area contributed by atoms with Crippen molar-refractivity contribution in [1.82, 2.24) is 13.7 Å². The summed E-state index contributed by atoms with van der Waals surface area (Å²) in [4.78, 5) is 0. The molecule has 60 heavy (non-hydrogen) atoms. The molecule has 3 aromatic heterocycles. The number of aromatic nitrogens is 3. The number of benzene rings is 9. The number of hydrogen-bond acceptors (Lipinski definition) is 0. The van der Waals surface area contributed by atoms with Crippen LogP contribution in [-0.2, 0) is 5.41 Å². The molecular weight excluding hydrogens is 727 g/mol. The molecule has 0 saturated heterocycles. The van der Waals surface area contributed by atoms with E-state index in [9.17, 15) is 0 Å². The average molecular weight is 766 g/mol. The second kappa shape index (κ2) is 12.2. The Hall–Kier alpha value is -7.62. The van der Waals surface area contributed by atoms with Crippen molar-refractivity contribution in [3.05, 3.63) is 211 Å². The van der Waals surface area contributed by atoms with E-state index in [-0.39, 0.29) is 5.41 Å². The first-order valence-corrected chi connectivity index (χ1v) is 20.9. The Kier molecular flexibility index (Phi) is 6.78. The van der Waals surface area contributed by atoms with E-state index in [0.717, 1.165) is 5.69 Å². The van der Waals surface area contributed by atoms with E-state index in [0.29, 0.717) is 0 Å². The average Bonchev–Trinajstić information content (AvgIpc) is 4.00. The zero-order chi connectivity index (χ0) is 39.7. The van der Waals surface area contributed by atoms with Gasteiger partial charge >= 0.3 is 0 Å².